The van der Waals surface area contributed by atoms with Gasteiger partial charge in [-0.05, 0) is 55.7 Å². The number of aryl methyl sites for hydroxylation is 1. The van der Waals surface area contributed by atoms with Crippen molar-refractivity contribution in [1.29, 1.82) is 0 Å². The third-order valence-electron chi connectivity index (χ3n) is 4.89. The highest BCUT2D eigenvalue weighted by molar-refractivity contribution is 7.90. The molecule has 0 spiro atoms. The van der Waals surface area contributed by atoms with Crippen LogP contribution in [0.15, 0.2) is 47.4 Å². The summed E-state index contributed by atoms with van der Waals surface area (Å²) in [5.74, 6) is 0.773. The number of hydrogen-bond acceptors (Lipinski definition) is 4. The molecule has 0 aromatic heterocycles. The molecule has 0 aliphatic heterocycles. The second-order valence-electron chi connectivity index (χ2n) is 6.82. The normalized spacial score (nSPS) is 12.5. The Labute approximate surface area is 161 Å². The van der Waals surface area contributed by atoms with Crippen molar-refractivity contribution in [2.24, 2.45) is 0 Å². The number of carbonyl (C=O) groups excluding carboxylic acids is 1. The van der Waals surface area contributed by atoms with Gasteiger partial charge in [0.05, 0.1) is 24.0 Å². The molecule has 0 radical (unpaired) electrons. The Morgan fingerprint density at radius 1 is 1.11 bits per heavy atom. The van der Waals surface area contributed by atoms with Crippen molar-refractivity contribution in [2.45, 2.75) is 38.1 Å². The van der Waals surface area contributed by atoms with Crippen molar-refractivity contribution in [1.82, 2.24) is 4.90 Å². The number of rotatable bonds is 7. The van der Waals surface area contributed by atoms with Gasteiger partial charge in [-0.25, -0.2) is 8.42 Å². The van der Waals surface area contributed by atoms with Crippen molar-refractivity contribution in [2.75, 3.05) is 19.9 Å². The summed E-state index contributed by atoms with van der Waals surface area (Å²) in [5, 5.41) is 0. The van der Waals surface area contributed by atoms with Crippen LogP contribution in [0.1, 0.15) is 36.1 Å². The van der Waals surface area contributed by atoms with Crippen LogP contribution in [0.25, 0.3) is 0 Å². The summed E-state index contributed by atoms with van der Waals surface area (Å²) in [6, 6.07) is 12.3. The van der Waals surface area contributed by atoms with E-state index < -0.39 is 9.84 Å². The average molecular weight is 390 g/mol. The predicted octanol–water partition coefficient (Wildman–Crippen LogP) is 3.70. The summed E-state index contributed by atoms with van der Waals surface area (Å²) in [6.45, 7) is 6.25. The van der Waals surface area contributed by atoms with E-state index in [1.54, 1.807) is 36.2 Å². The Morgan fingerprint density at radius 3 is 2.33 bits per heavy atom. The molecule has 2 rings (SSSR count). The Kier molecular flexibility index (Phi) is 6.65. The molecule has 2 aromatic rings. The summed E-state index contributed by atoms with van der Waals surface area (Å²) in [7, 11) is -1.48. The SMILES string of the molecule is Cc1cccc(OCCC(=O)N(C)C(C)c2ccc(S(C)(=O)=O)cc2)c1C. The molecule has 1 atom stereocenters. The van der Waals surface area contributed by atoms with Crippen LogP contribution in [0.4, 0.5) is 0 Å². The second kappa shape index (κ2) is 8.57. The van der Waals surface area contributed by atoms with E-state index in [2.05, 4.69) is 0 Å². The molecule has 146 valence electrons. The first kappa shape index (κ1) is 21.0. The van der Waals surface area contributed by atoms with Crippen molar-refractivity contribution >= 4 is 15.7 Å². The third-order valence-corrected chi connectivity index (χ3v) is 6.02. The van der Waals surface area contributed by atoms with E-state index in [0.29, 0.717) is 6.61 Å². The summed E-state index contributed by atoms with van der Waals surface area (Å²) >= 11 is 0. The van der Waals surface area contributed by atoms with Crippen LogP contribution in [-0.4, -0.2) is 39.1 Å². The first-order valence-electron chi connectivity index (χ1n) is 8.86. The Morgan fingerprint density at radius 2 is 1.74 bits per heavy atom. The third kappa shape index (κ3) is 5.32. The van der Waals surface area contributed by atoms with E-state index in [1.807, 2.05) is 39.0 Å². The Bertz CT molecular complexity index is 904. The zero-order valence-electron chi connectivity index (χ0n) is 16.5. The highest BCUT2D eigenvalue weighted by atomic mass is 32.2. The molecule has 0 aliphatic rings. The lowest BCUT2D eigenvalue weighted by Gasteiger charge is -2.25. The minimum absolute atomic E-state index is 0.0278. The summed E-state index contributed by atoms with van der Waals surface area (Å²) < 4.78 is 28.9. The maximum absolute atomic E-state index is 12.5. The molecule has 0 heterocycles. The van der Waals surface area contributed by atoms with E-state index in [-0.39, 0.29) is 23.3 Å². The van der Waals surface area contributed by atoms with E-state index in [1.165, 1.54) is 6.26 Å². The smallest absolute Gasteiger partial charge is 0.226 e. The summed E-state index contributed by atoms with van der Waals surface area (Å²) in [6.07, 6.45) is 1.45. The van der Waals surface area contributed by atoms with Gasteiger partial charge < -0.3 is 9.64 Å². The molecule has 1 unspecified atom stereocenters. The maximum atomic E-state index is 12.5. The van der Waals surface area contributed by atoms with Crippen molar-refractivity contribution < 1.29 is 17.9 Å². The largest absolute Gasteiger partial charge is 0.493 e. The highest BCUT2D eigenvalue weighted by Gasteiger charge is 2.18. The topological polar surface area (TPSA) is 63.7 Å². The molecular formula is C21H27NO4S. The van der Waals surface area contributed by atoms with Gasteiger partial charge in [0.2, 0.25) is 5.91 Å². The number of amides is 1. The molecule has 0 bridgehead atoms. The van der Waals surface area contributed by atoms with Gasteiger partial charge in [-0.3, -0.25) is 4.79 Å². The molecular weight excluding hydrogens is 362 g/mol. The Hall–Kier alpha value is -2.34. The van der Waals surface area contributed by atoms with Gasteiger partial charge in [0, 0.05) is 13.3 Å². The fourth-order valence-corrected chi connectivity index (χ4v) is 3.37. The minimum atomic E-state index is -3.22. The van der Waals surface area contributed by atoms with Gasteiger partial charge in [-0.2, -0.15) is 0 Å². The first-order chi connectivity index (χ1) is 12.6. The van der Waals surface area contributed by atoms with E-state index >= 15 is 0 Å². The zero-order valence-corrected chi connectivity index (χ0v) is 17.3. The molecule has 0 aliphatic carbocycles. The number of nitrogens with zero attached hydrogens (tertiary/aromatic N) is 1. The molecule has 6 heteroatoms. The number of sulfone groups is 1. The van der Waals surface area contributed by atoms with Crippen molar-refractivity contribution in [3.63, 3.8) is 0 Å². The summed E-state index contributed by atoms with van der Waals surface area (Å²) in [5.41, 5.74) is 3.12. The van der Waals surface area contributed by atoms with Gasteiger partial charge in [-0.15, -0.1) is 0 Å². The molecule has 27 heavy (non-hydrogen) atoms. The molecule has 0 fully saturated rings. The van der Waals surface area contributed by atoms with Crippen LogP contribution in [0.2, 0.25) is 0 Å². The lowest BCUT2D eigenvalue weighted by Crippen LogP contribution is -2.30. The van der Waals surface area contributed by atoms with E-state index in [4.69, 9.17) is 4.74 Å². The maximum Gasteiger partial charge on any atom is 0.226 e. The number of benzene rings is 2. The second-order valence-corrected chi connectivity index (χ2v) is 8.83. The van der Waals surface area contributed by atoms with E-state index in [0.717, 1.165) is 22.4 Å². The molecule has 2 aromatic carbocycles. The van der Waals surface area contributed by atoms with Crippen LogP contribution in [-0.2, 0) is 14.6 Å². The van der Waals surface area contributed by atoms with Crippen LogP contribution >= 0.6 is 0 Å². The highest BCUT2D eigenvalue weighted by Crippen LogP contribution is 2.23. The molecule has 0 saturated heterocycles. The monoisotopic (exact) mass is 389 g/mol. The number of carbonyl (C=O) groups is 1. The zero-order chi connectivity index (χ0) is 20.2. The lowest BCUT2D eigenvalue weighted by molar-refractivity contribution is -0.132. The van der Waals surface area contributed by atoms with Gasteiger partial charge in [0.1, 0.15) is 5.75 Å². The minimum Gasteiger partial charge on any atom is -0.493 e. The van der Waals surface area contributed by atoms with Crippen LogP contribution in [0, 0.1) is 13.8 Å². The predicted molar refractivity (Wildman–Crippen MR) is 107 cm³/mol. The van der Waals surface area contributed by atoms with Gasteiger partial charge in [-0.1, -0.05) is 24.3 Å². The Balaban J connectivity index is 1.95. The van der Waals surface area contributed by atoms with Crippen LogP contribution in [0.3, 0.4) is 0 Å². The standard InChI is InChI=1S/C21H27NO4S/c1-15-7-6-8-20(16(15)2)26-14-13-21(23)22(4)17(3)18-9-11-19(12-10-18)27(5,24)25/h6-12,17H,13-14H2,1-5H3. The first-order valence-corrected chi connectivity index (χ1v) is 10.7. The van der Waals surface area contributed by atoms with E-state index in [9.17, 15) is 13.2 Å². The molecule has 5 nitrogen and oxygen atoms in total. The van der Waals surface area contributed by atoms with Gasteiger partial charge >= 0.3 is 0 Å². The fourth-order valence-electron chi connectivity index (χ4n) is 2.74. The van der Waals surface area contributed by atoms with Crippen molar-refractivity contribution in [3.05, 3.63) is 59.2 Å². The molecule has 1 amide bonds. The summed E-state index contributed by atoms with van der Waals surface area (Å²) in [4.78, 5) is 14.4. The van der Waals surface area contributed by atoms with Crippen LogP contribution in [0.5, 0.6) is 5.75 Å². The van der Waals surface area contributed by atoms with Gasteiger partial charge in [0.25, 0.3) is 0 Å². The average Bonchev–Trinajstić information content (AvgIpc) is 2.63. The van der Waals surface area contributed by atoms with Crippen LogP contribution < -0.4 is 4.74 Å². The molecule has 0 saturated carbocycles. The quantitative estimate of drug-likeness (QED) is 0.724. The number of hydrogen-bond donors (Lipinski definition) is 0. The number of ether oxygens (including phenoxy) is 1. The van der Waals surface area contributed by atoms with Crippen molar-refractivity contribution in [3.8, 4) is 5.75 Å². The molecule has 0 N–H and O–H groups in total. The lowest BCUT2D eigenvalue weighted by atomic mass is 10.1. The fraction of sp³-hybridized carbons (Fsp3) is 0.381. The van der Waals surface area contributed by atoms with Gasteiger partial charge in [0.15, 0.2) is 9.84 Å².